The van der Waals surface area contributed by atoms with Gasteiger partial charge in [0.2, 0.25) is 5.82 Å². The molecule has 2 aromatic rings. The van der Waals surface area contributed by atoms with Gasteiger partial charge < -0.3 is 9.47 Å². The van der Waals surface area contributed by atoms with Crippen LogP contribution < -0.4 is 10.9 Å². The van der Waals surface area contributed by atoms with Crippen LogP contribution in [0.2, 0.25) is 0 Å². The molecular formula is C13H16N4O2S. The molecular weight excluding hydrogens is 276 g/mol. The summed E-state index contributed by atoms with van der Waals surface area (Å²) in [6.07, 6.45) is 3.01. The van der Waals surface area contributed by atoms with Gasteiger partial charge in [0.05, 0.1) is 6.04 Å². The third kappa shape index (κ3) is 2.88. The standard InChI is InChI=1S/C13H16N4O2S/c1-9(10-5-4-8-20-10)17(3)13(19)15-11-12(18)16(2)7-6-14-11/h4-9H,1-3H3,(H,14,15,19)/t9-/m1/s1. The van der Waals surface area contributed by atoms with Crippen molar-refractivity contribution < 1.29 is 4.79 Å². The summed E-state index contributed by atoms with van der Waals surface area (Å²) in [6.45, 7) is 1.93. The van der Waals surface area contributed by atoms with E-state index in [0.29, 0.717) is 0 Å². The van der Waals surface area contributed by atoms with Crippen molar-refractivity contribution in [3.05, 3.63) is 45.1 Å². The lowest BCUT2D eigenvalue weighted by molar-refractivity contribution is 0.209. The van der Waals surface area contributed by atoms with Gasteiger partial charge in [0.1, 0.15) is 0 Å². The Kier molecular flexibility index (Phi) is 4.19. The number of hydrogen-bond donors (Lipinski definition) is 1. The van der Waals surface area contributed by atoms with Crippen molar-refractivity contribution in [3.8, 4) is 0 Å². The topological polar surface area (TPSA) is 67.2 Å². The normalized spacial score (nSPS) is 11.9. The van der Waals surface area contributed by atoms with E-state index >= 15 is 0 Å². The predicted molar refractivity (Wildman–Crippen MR) is 79.0 cm³/mol. The first-order valence-electron chi connectivity index (χ1n) is 6.09. The number of urea groups is 1. The van der Waals surface area contributed by atoms with Crippen molar-refractivity contribution in [2.24, 2.45) is 7.05 Å². The summed E-state index contributed by atoms with van der Waals surface area (Å²) in [6, 6.07) is 3.49. The van der Waals surface area contributed by atoms with E-state index in [-0.39, 0.29) is 23.5 Å². The van der Waals surface area contributed by atoms with E-state index in [0.717, 1.165) is 4.88 Å². The summed E-state index contributed by atoms with van der Waals surface area (Å²) in [5.74, 6) is 0.0326. The Hall–Kier alpha value is -2.15. The van der Waals surface area contributed by atoms with Gasteiger partial charge in [-0.3, -0.25) is 10.1 Å². The fourth-order valence-electron chi connectivity index (χ4n) is 1.67. The summed E-state index contributed by atoms with van der Waals surface area (Å²) in [7, 11) is 3.30. The van der Waals surface area contributed by atoms with Crippen LogP contribution in [0.3, 0.4) is 0 Å². The van der Waals surface area contributed by atoms with Gasteiger partial charge in [-0.05, 0) is 18.4 Å². The van der Waals surface area contributed by atoms with Crippen molar-refractivity contribution >= 4 is 23.2 Å². The minimum atomic E-state index is -0.360. The zero-order valence-corrected chi connectivity index (χ0v) is 12.3. The first kappa shape index (κ1) is 14.3. The maximum absolute atomic E-state index is 12.1. The third-order valence-electron chi connectivity index (χ3n) is 3.10. The lowest BCUT2D eigenvalue weighted by Crippen LogP contribution is -2.36. The largest absolute Gasteiger partial charge is 0.323 e. The van der Waals surface area contributed by atoms with Crippen LogP contribution in [0.1, 0.15) is 17.8 Å². The number of hydrogen-bond acceptors (Lipinski definition) is 4. The molecule has 6 nitrogen and oxygen atoms in total. The Morgan fingerprint density at radius 3 is 2.95 bits per heavy atom. The van der Waals surface area contributed by atoms with E-state index in [9.17, 15) is 9.59 Å². The zero-order valence-electron chi connectivity index (χ0n) is 11.5. The Bertz CT molecular complexity index is 651. The monoisotopic (exact) mass is 292 g/mol. The molecule has 0 fully saturated rings. The van der Waals surface area contributed by atoms with Crippen LogP contribution in [0.5, 0.6) is 0 Å². The van der Waals surface area contributed by atoms with Gasteiger partial charge in [-0.1, -0.05) is 6.07 Å². The molecule has 7 heteroatoms. The van der Waals surface area contributed by atoms with E-state index in [4.69, 9.17) is 0 Å². The van der Waals surface area contributed by atoms with E-state index in [1.54, 1.807) is 30.3 Å². The van der Waals surface area contributed by atoms with Crippen molar-refractivity contribution in [3.63, 3.8) is 0 Å². The van der Waals surface area contributed by atoms with E-state index in [1.807, 2.05) is 24.4 Å². The molecule has 0 aliphatic heterocycles. The van der Waals surface area contributed by atoms with Gasteiger partial charge >= 0.3 is 6.03 Å². The van der Waals surface area contributed by atoms with Crippen LogP contribution in [0.15, 0.2) is 34.7 Å². The Morgan fingerprint density at radius 1 is 1.55 bits per heavy atom. The molecule has 0 aromatic carbocycles. The molecule has 0 aliphatic carbocycles. The van der Waals surface area contributed by atoms with E-state index < -0.39 is 0 Å². The molecule has 0 radical (unpaired) electrons. The maximum Gasteiger partial charge on any atom is 0.323 e. The minimum absolute atomic E-state index is 0.0326. The van der Waals surface area contributed by atoms with Crippen molar-refractivity contribution in [2.45, 2.75) is 13.0 Å². The van der Waals surface area contributed by atoms with Crippen LogP contribution in [-0.4, -0.2) is 27.5 Å². The molecule has 106 valence electrons. The highest BCUT2D eigenvalue weighted by atomic mass is 32.1. The molecule has 1 N–H and O–H groups in total. The smallest absolute Gasteiger partial charge is 0.320 e. The second-order valence-corrected chi connectivity index (χ2v) is 5.40. The number of nitrogens with zero attached hydrogens (tertiary/aromatic N) is 3. The van der Waals surface area contributed by atoms with Crippen LogP contribution in [-0.2, 0) is 7.05 Å². The van der Waals surface area contributed by atoms with Crippen LogP contribution >= 0.6 is 11.3 Å². The Labute approximate surface area is 120 Å². The Balaban J connectivity index is 2.12. The van der Waals surface area contributed by atoms with Gasteiger partial charge in [0.25, 0.3) is 5.56 Å². The quantitative estimate of drug-likeness (QED) is 0.941. The highest BCUT2D eigenvalue weighted by molar-refractivity contribution is 7.10. The summed E-state index contributed by atoms with van der Waals surface area (Å²) in [4.78, 5) is 30.5. The third-order valence-corrected chi connectivity index (χ3v) is 4.14. The number of aryl methyl sites for hydroxylation is 1. The number of thiophene rings is 1. The van der Waals surface area contributed by atoms with Crippen molar-refractivity contribution in [2.75, 3.05) is 12.4 Å². The number of anilines is 1. The molecule has 20 heavy (non-hydrogen) atoms. The maximum atomic E-state index is 12.1. The van der Waals surface area contributed by atoms with Gasteiger partial charge in [-0.2, -0.15) is 0 Å². The average molecular weight is 292 g/mol. The highest BCUT2D eigenvalue weighted by Gasteiger charge is 2.19. The first-order valence-corrected chi connectivity index (χ1v) is 6.97. The van der Waals surface area contributed by atoms with E-state index in [2.05, 4.69) is 10.3 Å². The summed E-state index contributed by atoms with van der Waals surface area (Å²) in [5, 5.41) is 4.51. The second kappa shape index (κ2) is 5.87. The van der Waals surface area contributed by atoms with E-state index in [1.165, 1.54) is 17.0 Å². The van der Waals surface area contributed by atoms with Crippen LogP contribution in [0.4, 0.5) is 10.6 Å². The van der Waals surface area contributed by atoms with Gasteiger partial charge in [-0.25, -0.2) is 9.78 Å². The lowest BCUT2D eigenvalue weighted by Gasteiger charge is -2.24. The van der Waals surface area contributed by atoms with Crippen LogP contribution in [0.25, 0.3) is 0 Å². The molecule has 2 amide bonds. The second-order valence-electron chi connectivity index (χ2n) is 4.42. The Morgan fingerprint density at radius 2 is 2.30 bits per heavy atom. The fraction of sp³-hybridized carbons (Fsp3) is 0.308. The molecule has 0 unspecified atom stereocenters. The molecule has 2 rings (SSSR count). The average Bonchev–Trinajstić information content (AvgIpc) is 2.96. The number of aromatic nitrogens is 2. The van der Waals surface area contributed by atoms with Gasteiger partial charge in [0, 0.05) is 31.4 Å². The van der Waals surface area contributed by atoms with Crippen molar-refractivity contribution in [1.29, 1.82) is 0 Å². The predicted octanol–water partition coefficient (Wildman–Crippen LogP) is 2.07. The SMILES string of the molecule is C[C@H](c1cccs1)N(C)C(=O)Nc1nccn(C)c1=O. The molecule has 0 saturated heterocycles. The van der Waals surface area contributed by atoms with Crippen molar-refractivity contribution in [1.82, 2.24) is 14.5 Å². The molecule has 0 aliphatic rings. The molecule has 0 spiro atoms. The highest BCUT2D eigenvalue weighted by Crippen LogP contribution is 2.23. The number of amides is 2. The zero-order chi connectivity index (χ0) is 14.7. The lowest BCUT2D eigenvalue weighted by atomic mass is 10.2. The minimum Gasteiger partial charge on any atom is -0.320 e. The number of carbonyl (C=O) groups excluding carboxylic acids is 1. The number of rotatable bonds is 3. The first-order chi connectivity index (χ1) is 9.50. The van der Waals surface area contributed by atoms with Gasteiger partial charge in [0.15, 0.2) is 0 Å². The summed E-state index contributed by atoms with van der Waals surface area (Å²) >= 11 is 1.59. The molecule has 2 heterocycles. The fourth-order valence-corrected chi connectivity index (χ4v) is 2.50. The number of nitrogens with one attached hydrogen (secondary N) is 1. The number of carbonyl (C=O) groups is 1. The molecule has 0 bridgehead atoms. The summed E-state index contributed by atoms with van der Waals surface area (Å²) < 4.78 is 1.37. The molecule has 1 atom stereocenters. The summed E-state index contributed by atoms with van der Waals surface area (Å²) in [5.41, 5.74) is -0.335. The van der Waals surface area contributed by atoms with Gasteiger partial charge in [-0.15, -0.1) is 11.3 Å². The van der Waals surface area contributed by atoms with Crippen LogP contribution in [0, 0.1) is 0 Å². The molecule has 2 aromatic heterocycles. The molecule has 0 saturated carbocycles.